The Morgan fingerprint density at radius 2 is 2.07 bits per heavy atom. The Balaban J connectivity index is 2.22. The van der Waals surface area contributed by atoms with Gasteiger partial charge in [0.25, 0.3) is 0 Å². The van der Waals surface area contributed by atoms with Gasteiger partial charge in [-0.15, -0.1) is 0 Å². The zero-order chi connectivity index (χ0) is 10.8. The summed E-state index contributed by atoms with van der Waals surface area (Å²) in [6.07, 6.45) is 1.70. The Morgan fingerprint density at radius 3 is 2.50 bits per heavy atom. The van der Waals surface area contributed by atoms with E-state index in [1.54, 1.807) is 0 Å². The van der Waals surface area contributed by atoms with Gasteiger partial charge in [-0.1, -0.05) is 6.92 Å². The maximum Gasteiger partial charge on any atom is 0.0897 e. The summed E-state index contributed by atoms with van der Waals surface area (Å²) < 4.78 is 0. The van der Waals surface area contributed by atoms with E-state index >= 15 is 0 Å². The molecule has 0 aliphatic carbocycles. The van der Waals surface area contributed by atoms with Gasteiger partial charge in [-0.3, -0.25) is 4.90 Å². The van der Waals surface area contributed by atoms with E-state index in [2.05, 4.69) is 11.0 Å². The lowest BCUT2D eigenvalue weighted by molar-refractivity contribution is -0.101. The van der Waals surface area contributed by atoms with Crippen LogP contribution in [-0.4, -0.2) is 35.2 Å². The van der Waals surface area contributed by atoms with Gasteiger partial charge in [-0.25, -0.2) is 0 Å². The van der Waals surface area contributed by atoms with Gasteiger partial charge in [0.2, 0.25) is 0 Å². The van der Waals surface area contributed by atoms with Gasteiger partial charge in [0, 0.05) is 13.1 Å². The number of nitrogens with zero attached hydrogens (tertiary/aromatic N) is 2. The highest BCUT2D eigenvalue weighted by molar-refractivity contribution is 4.97. The van der Waals surface area contributed by atoms with Crippen molar-refractivity contribution in [2.24, 2.45) is 5.41 Å². The number of aliphatic hydroxyl groups is 1. The molecule has 14 heavy (non-hydrogen) atoms. The van der Waals surface area contributed by atoms with E-state index in [-0.39, 0.29) is 5.41 Å². The lowest BCUT2D eigenvalue weighted by Crippen LogP contribution is -2.61. The van der Waals surface area contributed by atoms with E-state index in [9.17, 15) is 5.11 Å². The quantitative estimate of drug-likeness (QED) is 0.739. The van der Waals surface area contributed by atoms with Gasteiger partial charge < -0.3 is 5.11 Å². The molecule has 1 saturated heterocycles. The summed E-state index contributed by atoms with van der Waals surface area (Å²) in [4.78, 5) is 2.21. The average molecular weight is 196 g/mol. The molecule has 1 rings (SSSR count). The third-order valence-electron chi connectivity index (χ3n) is 3.05. The second kappa shape index (κ2) is 3.88. The predicted octanol–water partition coefficient (Wildman–Crippen LogP) is 1.38. The van der Waals surface area contributed by atoms with Gasteiger partial charge in [0.15, 0.2) is 0 Å². The monoisotopic (exact) mass is 196 g/mol. The minimum Gasteiger partial charge on any atom is -0.387 e. The molecule has 1 aliphatic heterocycles. The summed E-state index contributed by atoms with van der Waals surface area (Å²) in [6, 6.07) is 2.29. The summed E-state index contributed by atoms with van der Waals surface area (Å²) in [5, 5.41) is 18.6. The Hall–Kier alpha value is -0.590. The van der Waals surface area contributed by atoms with Crippen molar-refractivity contribution in [3.05, 3.63) is 0 Å². The first-order valence-corrected chi connectivity index (χ1v) is 5.27. The van der Waals surface area contributed by atoms with Gasteiger partial charge >= 0.3 is 0 Å². The summed E-state index contributed by atoms with van der Waals surface area (Å²) >= 11 is 0. The molecule has 0 radical (unpaired) electrons. The van der Waals surface area contributed by atoms with Crippen LogP contribution < -0.4 is 0 Å². The van der Waals surface area contributed by atoms with Crippen LogP contribution in [0.1, 0.15) is 33.6 Å². The number of nitriles is 1. The molecular weight excluding hydrogens is 176 g/mol. The van der Waals surface area contributed by atoms with Crippen LogP contribution >= 0.6 is 0 Å². The van der Waals surface area contributed by atoms with E-state index in [0.717, 1.165) is 32.5 Å². The van der Waals surface area contributed by atoms with Crippen LogP contribution in [0.25, 0.3) is 0 Å². The van der Waals surface area contributed by atoms with Crippen LogP contribution in [0.4, 0.5) is 0 Å². The zero-order valence-corrected chi connectivity index (χ0v) is 9.38. The highest BCUT2D eigenvalue weighted by Gasteiger charge is 2.39. The third-order valence-corrected chi connectivity index (χ3v) is 3.05. The largest absolute Gasteiger partial charge is 0.387 e. The molecule has 1 heterocycles. The molecule has 80 valence electrons. The van der Waals surface area contributed by atoms with Gasteiger partial charge in [0.05, 0.1) is 17.1 Å². The van der Waals surface area contributed by atoms with Gasteiger partial charge in [-0.05, 0) is 33.2 Å². The van der Waals surface area contributed by atoms with E-state index in [1.807, 2.05) is 20.8 Å². The maximum absolute atomic E-state index is 9.77. The number of likely N-dealkylation sites (tertiary alicyclic amines) is 1. The van der Waals surface area contributed by atoms with Crippen molar-refractivity contribution in [1.82, 2.24) is 4.90 Å². The first-order chi connectivity index (χ1) is 6.41. The van der Waals surface area contributed by atoms with E-state index in [4.69, 9.17) is 5.26 Å². The van der Waals surface area contributed by atoms with Crippen molar-refractivity contribution in [2.45, 2.75) is 39.2 Å². The molecule has 0 aromatic heterocycles. The SMILES string of the molecule is CCC1(O)CN(CCC(C)(C)C#N)C1. The first-order valence-electron chi connectivity index (χ1n) is 5.27. The highest BCUT2D eigenvalue weighted by atomic mass is 16.3. The third kappa shape index (κ3) is 2.70. The zero-order valence-electron chi connectivity index (χ0n) is 9.38. The standard InChI is InChI=1S/C11H20N2O/c1-4-11(14)8-13(9-11)6-5-10(2,3)7-12/h14H,4-6,8-9H2,1-3H3. The minimum atomic E-state index is -0.448. The fourth-order valence-electron chi connectivity index (χ4n) is 1.66. The smallest absolute Gasteiger partial charge is 0.0897 e. The maximum atomic E-state index is 9.77. The van der Waals surface area contributed by atoms with E-state index in [0.29, 0.717) is 0 Å². The van der Waals surface area contributed by atoms with Gasteiger partial charge in [0.1, 0.15) is 0 Å². The molecule has 0 spiro atoms. The van der Waals surface area contributed by atoms with Crippen LogP contribution in [0.15, 0.2) is 0 Å². The molecule has 0 atom stereocenters. The van der Waals surface area contributed by atoms with Crippen LogP contribution in [0, 0.1) is 16.7 Å². The molecule has 1 fully saturated rings. The summed E-state index contributed by atoms with van der Waals surface area (Å²) in [5.74, 6) is 0. The second-order valence-corrected chi connectivity index (χ2v) is 5.03. The molecule has 0 aromatic rings. The Kier molecular flexibility index (Phi) is 3.18. The summed E-state index contributed by atoms with van der Waals surface area (Å²) in [7, 11) is 0. The normalized spacial score (nSPS) is 21.4. The fraction of sp³-hybridized carbons (Fsp3) is 0.909. The molecule has 3 heteroatoms. The van der Waals surface area contributed by atoms with E-state index in [1.165, 1.54) is 0 Å². The number of hydrogen-bond acceptors (Lipinski definition) is 3. The first kappa shape index (κ1) is 11.5. The number of β-amino-alcohol motifs (C(OH)–C–C–N with tert-alkyl or cyclic N) is 1. The average Bonchev–Trinajstić information content (AvgIpc) is 2.10. The molecule has 0 unspecified atom stereocenters. The summed E-state index contributed by atoms with van der Waals surface area (Å²) in [5.41, 5.74) is -0.684. The second-order valence-electron chi connectivity index (χ2n) is 5.03. The Bertz CT molecular complexity index is 236. The van der Waals surface area contributed by atoms with Crippen molar-refractivity contribution in [3.8, 4) is 6.07 Å². The molecule has 0 saturated carbocycles. The highest BCUT2D eigenvalue weighted by Crippen LogP contribution is 2.26. The van der Waals surface area contributed by atoms with Crippen LogP contribution in [0.2, 0.25) is 0 Å². The molecule has 0 bridgehead atoms. The molecular formula is C11H20N2O. The lowest BCUT2D eigenvalue weighted by atomic mass is 9.87. The van der Waals surface area contributed by atoms with Crippen molar-refractivity contribution in [1.29, 1.82) is 5.26 Å². The van der Waals surface area contributed by atoms with Crippen LogP contribution in [0.5, 0.6) is 0 Å². The topological polar surface area (TPSA) is 47.3 Å². The predicted molar refractivity (Wildman–Crippen MR) is 55.7 cm³/mol. The van der Waals surface area contributed by atoms with Crippen LogP contribution in [-0.2, 0) is 0 Å². The Labute approximate surface area is 86.3 Å². The van der Waals surface area contributed by atoms with Crippen molar-refractivity contribution >= 4 is 0 Å². The summed E-state index contributed by atoms with van der Waals surface area (Å²) in [6.45, 7) is 8.38. The van der Waals surface area contributed by atoms with Crippen molar-refractivity contribution in [3.63, 3.8) is 0 Å². The molecule has 1 N–H and O–H groups in total. The molecule has 0 aromatic carbocycles. The molecule has 1 aliphatic rings. The molecule has 3 nitrogen and oxygen atoms in total. The number of rotatable bonds is 4. The van der Waals surface area contributed by atoms with Crippen molar-refractivity contribution < 1.29 is 5.11 Å². The van der Waals surface area contributed by atoms with E-state index < -0.39 is 5.60 Å². The molecule has 0 amide bonds. The van der Waals surface area contributed by atoms with Crippen molar-refractivity contribution in [2.75, 3.05) is 19.6 Å². The fourth-order valence-corrected chi connectivity index (χ4v) is 1.66. The lowest BCUT2D eigenvalue weighted by Gasteiger charge is -2.46. The van der Waals surface area contributed by atoms with Crippen LogP contribution in [0.3, 0.4) is 0 Å². The minimum absolute atomic E-state index is 0.236. The van der Waals surface area contributed by atoms with Gasteiger partial charge in [-0.2, -0.15) is 5.26 Å². The number of hydrogen-bond donors (Lipinski definition) is 1. The Morgan fingerprint density at radius 1 is 1.50 bits per heavy atom.